The number of hydrogen-bond acceptors (Lipinski definition) is 2. The number of aryl methyl sites for hydroxylation is 3. The summed E-state index contributed by atoms with van der Waals surface area (Å²) in [5.41, 5.74) is 5.63. The van der Waals surface area contributed by atoms with Crippen molar-refractivity contribution in [1.82, 2.24) is 19.7 Å². The van der Waals surface area contributed by atoms with E-state index in [0.29, 0.717) is 17.8 Å². The molecule has 0 spiro atoms. The number of carbonyl (C=O) groups excluding carboxylic acids is 1. The summed E-state index contributed by atoms with van der Waals surface area (Å²) in [5.74, 6) is 0.603. The van der Waals surface area contributed by atoms with Gasteiger partial charge in [-0.15, -0.1) is 0 Å². The normalized spacial score (nSPS) is 10.9. The van der Waals surface area contributed by atoms with Gasteiger partial charge in [-0.05, 0) is 56.2 Å². The van der Waals surface area contributed by atoms with Gasteiger partial charge in [0.1, 0.15) is 5.56 Å². The average Bonchev–Trinajstić information content (AvgIpc) is 3.35. The third-order valence-corrected chi connectivity index (χ3v) is 5.09. The van der Waals surface area contributed by atoms with E-state index in [0.717, 1.165) is 22.6 Å². The van der Waals surface area contributed by atoms with Gasteiger partial charge in [-0.1, -0.05) is 42.0 Å². The zero-order valence-corrected chi connectivity index (χ0v) is 16.9. The molecule has 0 aliphatic rings. The van der Waals surface area contributed by atoms with E-state index in [1.54, 1.807) is 0 Å². The van der Waals surface area contributed by atoms with Crippen LogP contribution in [-0.4, -0.2) is 20.3 Å². The summed E-state index contributed by atoms with van der Waals surface area (Å²) in [4.78, 5) is 13.2. The van der Waals surface area contributed by atoms with Crippen molar-refractivity contribution in [2.75, 3.05) is 0 Å². The highest BCUT2D eigenvalue weighted by molar-refractivity contribution is 5.98. The number of aromatic nitrogens is 3. The molecule has 0 fully saturated rings. The van der Waals surface area contributed by atoms with Crippen LogP contribution in [0.1, 0.15) is 32.7 Å². The fraction of sp³-hybridized carbons (Fsp3) is 0.167. The maximum Gasteiger partial charge on any atom is 0.257 e. The van der Waals surface area contributed by atoms with E-state index in [4.69, 9.17) is 5.10 Å². The number of benzene rings is 2. The summed E-state index contributed by atoms with van der Waals surface area (Å²) < 4.78 is 3.76. The lowest BCUT2D eigenvalue weighted by molar-refractivity contribution is 0.0950. The van der Waals surface area contributed by atoms with Crippen molar-refractivity contribution in [2.45, 2.75) is 27.3 Å². The molecule has 1 amide bonds. The van der Waals surface area contributed by atoms with Crippen LogP contribution in [-0.2, 0) is 6.54 Å². The summed E-state index contributed by atoms with van der Waals surface area (Å²) in [6.45, 7) is 6.45. The Balaban J connectivity index is 1.74. The zero-order chi connectivity index (χ0) is 20.4. The molecule has 4 aromatic rings. The van der Waals surface area contributed by atoms with Crippen LogP contribution < -0.4 is 5.32 Å². The second-order valence-corrected chi connectivity index (χ2v) is 7.23. The minimum atomic E-state index is -0.132. The van der Waals surface area contributed by atoms with Crippen molar-refractivity contribution in [3.63, 3.8) is 0 Å². The van der Waals surface area contributed by atoms with E-state index in [-0.39, 0.29) is 5.91 Å². The van der Waals surface area contributed by atoms with E-state index in [9.17, 15) is 4.79 Å². The molecular formula is C24H24N4O. The topological polar surface area (TPSA) is 51.9 Å². The molecule has 5 heteroatoms. The van der Waals surface area contributed by atoms with Gasteiger partial charge in [-0.2, -0.15) is 5.10 Å². The number of hydrogen-bond donors (Lipinski definition) is 1. The summed E-state index contributed by atoms with van der Waals surface area (Å²) in [6.07, 6.45) is 3.86. The van der Waals surface area contributed by atoms with E-state index < -0.39 is 0 Å². The molecule has 1 N–H and O–H groups in total. The van der Waals surface area contributed by atoms with Gasteiger partial charge >= 0.3 is 0 Å². The highest BCUT2D eigenvalue weighted by Crippen LogP contribution is 2.23. The van der Waals surface area contributed by atoms with E-state index in [1.807, 2.05) is 96.2 Å². The van der Waals surface area contributed by atoms with Gasteiger partial charge in [0.05, 0.1) is 11.4 Å². The maximum atomic E-state index is 13.2. The van der Waals surface area contributed by atoms with Crippen molar-refractivity contribution in [2.24, 2.45) is 0 Å². The van der Waals surface area contributed by atoms with Crippen molar-refractivity contribution in [3.8, 4) is 11.5 Å². The van der Waals surface area contributed by atoms with Crippen LogP contribution in [0.15, 0.2) is 73.1 Å². The van der Waals surface area contributed by atoms with Crippen molar-refractivity contribution in [3.05, 3.63) is 101 Å². The Bertz CT molecular complexity index is 1140. The monoisotopic (exact) mass is 384 g/mol. The van der Waals surface area contributed by atoms with Crippen molar-refractivity contribution >= 4 is 5.91 Å². The van der Waals surface area contributed by atoms with Gasteiger partial charge in [-0.25, -0.2) is 4.68 Å². The molecule has 29 heavy (non-hydrogen) atoms. The Morgan fingerprint density at radius 2 is 1.62 bits per heavy atom. The SMILES string of the molecule is Cc1ccc(-n2nc(C)c(C(=O)NCc3ccccc3C)c2-n2cccc2)cc1. The molecule has 0 atom stereocenters. The number of rotatable bonds is 5. The second-order valence-electron chi connectivity index (χ2n) is 7.23. The van der Waals surface area contributed by atoms with Gasteiger partial charge < -0.3 is 9.88 Å². The minimum Gasteiger partial charge on any atom is -0.348 e. The summed E-state index contributed by atoms with van der Waals surface area (Å²) in [7, 11) is 0. The molecule has 4 rings (SSSR count). The maximum absolute atomic E-state index is 13.2. The Hall–Kier alpha value is -3.60. The molecule has 0 aliphatic carbocycles. The zero-order valence-electron chi connectivity index (χ0n) is 16.9. The lowest BCUT2D eigenvalue weighted by Crippen LogP contribution is -2.25. The third-order valence-electron chi connectivity index (χ3n) is 5.09. The van der Waals surface area contributed by atoms with E-state index in [2.05, 4.69) is 12.2 Å². The first-order valence-electron chi connectivity index (χ1n) is 9.67. The fourth-order valence-corrected chi connectivity index (χ4v) is 3.43. The third kappa shape index (κ3) is 3.72. The molecule has 0 unspecified atom stereocenters. The Kier molecular flexibility index (Phi) is 5.04. The average molecular weight is 384 g/mol. The molecule has 2 aromatic heterocycles. The Morgan fingerprint density at radius 3 is 2.31 bits per heavy atom. The summed E-state index contributed by atoms with van der Waals surface area (Å²) in [6, 6.07) is 20.1. The molecule has 2 aromatic carbocycles. The van der Waals surface area contributed by atoms with Gasteiger partial charge in [-0.3, -0.25) is 4.79 Å². The molecule has 5 nitrogen and oxygen atoms in total. The van der Waals surface area contributed by atoms with Crippen LogP contribution >= 0.6 is 0 Å². The lowest BCUT2D eigenvalue weighted by atomic mass is 10.1. The molecule has 0 bridgehead atoms. The summed E-state index contributed by atoms with van der Waals surface area (Å²) >= 11 is 0. The van der Waals surface area contributed by atoms with Gasteiger partial charge in [0.2, 0.25) is 0 Å². The van der Waals surface area contributed by atoms with Crippen LogP contribution in [0.5, 0.6) is 0 Å². The molecule has 0 radical (unpaired) electrons. The number of carbonyl (C=O) groups is 1. The predicted molar refractivity (Wildman–Crippen MR) is 115 cm³/mol. The largest absolute Gasteiger partial charge is 0.348 e. The molecule has 0 saturated heterocycles. The smallest absolute Gasteiger partial charge is 0.257 e. The van der Waals surface area contributed by atoms with Crippen molar-refractivity contribution < 1.29 is 4.79 Å². The fourth-order valence-electron chi connectivity index (χ4n) is 3.43. The number of nitrogens with one attached hydrogen (secondary N) is 1. The van der Waals surface area contributed by atoms with Crippen LogP contribution in [0.25, 0.3) is 11.5 Å². The molecule has 0 aliphatic heterocycles. The van der Waals surface area contributed by atoms with Crippen LogP contribution in [0.4, 0.5) is 0 Å². The molecular weight excluding hydrogens is 360 g/mol. The highest BCUT2D eigenvalue weighted by Gasteiger charge is 2.23. The molecule has 146 valence electrons. The van der Waals surface area contributed by atoms with Crippen LogP contribution in [0.2, 0.25) is 0 Å². The Morgan fingerprint density at radius 1 is 0.931 bits per heavy atom. The molecule has 2 heterocycles. The number of nitrogens with zero attached hydrogens (tertiary/aromatic N) is 3. The van der Waals surface area contributed by atoms with Crippen LogP contribution in [0, 0.1) is 20.8 Å². The van der Waals surface area contributed by atoms with Gasteiger partial charge in [0.15, 0.2) is 5.82 Å². The van der Waals surface area contributed by atoms with E-state index in [1.165, 1.54) is 5.56 Å². The quantitative estimate of drug-likeness (QED) is 0.550. The first kappa shape index (κ1) is 18.7. The second kappa shape index (κ2) is 7.80. The minimum absolute atomic E-state index is 0.132. The number of amides is 1. The van der Waals surface area contributed by atoms with Gasteiger partial charge in [0.25, 0.3) is 5.91 Å². The Labute approximate surface area is 170 Å². The first-order valence-corrected chi connectivity index (χ1v) is 9.67. The molecule has 0 saturated carbocycles. The lowest BCUT2D eigenvalue weighted by Gasteiger charge is -2.12. The summed E-state index contributed by atoms with van der Waals surface area (Å²) in [5, 5.41) is 7.76. The van der Waals surface area contributed by atoms with Gasteiger partial charge in [0, 0.05) is 18.9 Å². The van der Waals surface area contributed by atoms with Crippen LogP contribution in [0.3, 0.4) is 0 Å². The first-order chi connectivity index (χ1) is 14.0. The van der Waals surface area contributed by atoms with E-state index >= 15 is 0 Å². The highest BCUT2D eigenvalue weighted by atomic mass is 16.1. The standard InChI is InChI=1S/C24H24N4O/c1-17-10-12-21(13-11-17)28-24(27-14-6-7-15-27)22(19(3)26-28)23(29)25-16-20-9-5-4-8-18(20)2/h4-15H,16H2,1-3H3,(H,25,29). The van der Waals surface area contributed by atoms with Crippen molar-refractivity contribution in [1.29, 1.82) is 0 Å². The predicted octanol–water partition coefficient (Wildman–Crippen LogP) is 4.52.